The van der Waals surface area contributed by atoms with Gasteiger partial charge >= 0.3 is 0 Å². The first kappa shape index (κ1) is 13.2. The summed E-state index contributed by atoms with van der Waals surface area (Å²) in [5.41, 5.74) is 1.32. The molecule has 0 N–H and O–H groups in total. The van der Waals surface area contributed by atoms with Crippen molar-refractivity contribution >= 4 is 6.29 Å². The lowest BCUT2D eigenvalue weighted by molar-refractivity contribution is 0.112. The van der Waals surface area contributed by atoms with Crippen molar-refractivity contribution in [1.82, 2.24) is 4.98 Å². The first-order valence-electron chi connectivity index (χ1n) is 5.97. The molecule has 1 aromatic carbocycles. The van der Waals surface area contributed by atoms with Crippen LogP contribution in [-0.2, 0) is 0 Å². The third-order valence-electron chi connectivity index (χ3n) is 2.53. The fourth-order valence-electron chi connectivity index (χ4n) is 1.74. The number of benzene rings is 1. The topological polar surface area (TPSA) is 39.2 Å². The van der Waals surface area contributed by atoms with Gasteiger partial charge in [0.1, 0.15) is 17.9 Å². The van der Waals surface area contributed by atoms with Gasteiger partial charge in [-0.25, -0.2) is 4.39 Å². The first-order chi connectivity index (χ1) is 9.10. The van der Waals surface area contributed by atoms with E-state index in [9.17, 15) is 9.18 Å². The molecule has 3 nitrogen and oxygen atoms in total. The fraction of sp³-hybridized carbons (Fsp3) is 0.200. The second kappa shape index (κ2) is 5.61. The van der Waals surface area contributed by atoms with Crippen molar-refractivity contribution in [1.29, 1.82) is 0 Å². The molecule has 0 unspecified atom stereocenters. The molecule has 0 aliphatic rings. The van der Waals surface area contributed by atoms with Crippen LogP contribution in [0.5, 0.6) is 5.75 Å². The van der Waals surface area contributed by atoms with E-state index in [1.54, 1.807) is 30.6 Å². The van der Waals surface area contributed by atoms with E-state index in [0.717, 1.165) is 0 Å². The number of pyridine rings is 1. The summed E-state index contributed by atoms with van der Waals surface area (Å²) in [5.74, 6) is 0.138. The van der Waals surface area contributed by atoms with Crippen molar-refractivity contribution in [3.05, 3.63) is 48.0 Å². The Hall–Kier alpha value is -2.23. The van der Waals surface area contributed by atoms with Crippen LogP contribution in [0.2, 0.25) is 0 Å². The lowest BCUT2D eigenvalue weighted by Gasteiger charge is -2.10. The van der Waals surface area contributed by atoms with Crippen LogP contribution in [0, 0.1) is 5.82 Å². The summed E-state index contributed by atoms with van der Waals surface area (Å²) in [7, 11) is 0. The van der Waals surface area contributed by atoms with Crippen molar-refractivity contribution in [3.8, 4) is 16.9 Å². The third kappa shape index (κ3) is 3.16. The molecule has 1 heterocycles. The molecule has 98 valence electrons. The number of carbonyl (C=O) groups is 1. The van der Waals surface area contributed by atoms with Gasteiger partial charge in [-0.3, -0.25) is 9.78 Å². The summed E-state index contributed by atoms with van der Waals surface area (Å²) in [6.07, 6.45) is 3.79. The smallest absolute Gasteiger partial charge is 0.150 e. The first-order valence-corrected chi connectivity index (χ1v) is 5.97. The van der Waals surface area contributed by atoms with E-state index in [1.165, 1.54) is 6.07 Å². The zero-order chi connectivity index (χ0) is 13.8. The Morgan fingerprint density at radius 3 is 2.68 bits per heavy atom. The van der Waals surface area contributed by atoms with Gasteiger partial charge in [0, 0.05) is 22.9 Å². The van der Waals surface area contributed by atoms with Crippen LogP contribution in [0.4, 0.5) is 4.39 Å². The molecule has 0 saturated carbocycles. The van der Waals surface area contributed by atoms with Gasteiger partial charge in [0.25, 0.3) is 0 Å². The van der Waals surface area contributed by atoms with Crippen molar-refractivity contribution in [2.45, 2.75) is 20.0 Å². The molecule has 4 heteroatoms. The van der Waals surface area contributed by atoms with Gasteiger partial charge in [-0.2, -0.15) is 0 Å². The molecule has 2 rings (SSSR count). The van der Waals surface area contributed by atoms with E-state index in [-0.39, 0.29) is 6.10 Å². The monoisotopic (exact) mass is 259 g/mol. The van der Waals surface area contributed by atoms with Crippen LogP contribution in [0.1, 0.15) is 24.2 Å². The molecular weight excluding hydrogens is 245 g/mol. The van der Waals surface area contributed by atoms with Crippen molar-refractivity contribution in [2.24, 2.45) is 0 Å². The minimum absolute atomic E-state index is 0.0272. The number of ether oxygens (including phenoxy) is 1. The van der Waals surface area contributed by atoms with Crippen molar-refractivity contribution in [3.63, 3.8) is 0 Å². The molecule has 0 radical (unpaired) electrons. The highest BCUT2D eigenvalue weighted by Crippen LogP contribution is 2.26. The molecule has 0 atom stereocenters. The third-order valence-corrected chi connectivity index (χ3v) is 2.53. The summed E-state index contributed by atoms with van der Waals surface area (Å²) in [5, 5.41) is 0. The summed E-state index contributed by atoms with van der Waals surface area (Å²) >= 11 is 0. The van der Waals surface area contributed by atoms with Crippen LogP contribution in [0.25, 0.3) is 11.1 Å². The Morgan fingerprint density at radius 2 is 2.05 bits per heavy atom. The summed E-state index contributed by atoms with van der Waals surface area (Å²) in [6.45, 7) is 3.82. The summed E-state index contributed by atoms with van der Waals surface area (Å²) < 4.78 is 19.4. The van der Waals surface area contributed by atoms with Crippen LogP contribution >= 0.6 is 0 Å². The zero-order valence-corrected chi connectivity index (χ0v) is 10.8. The fourth-order valence-corrected chi connectivity index (χ4v) is 1.74. The van der Waals surface area contributed by atoms with Gasteiger partial charge in [0.2, 0.25) is 0 Å². The Labute approximate surface area is 111 Å². The number of halogens is 1. The standard InChI is InChI=1S/C15H14FNO2/c1-10(2)19-13-6-12(7-17-8-13)14-4-3-11(9-18)5-15(14)16/h3-10H,1-2H3. The Bertz CT molecular complexity index is 596. The quantitative estimate of drug-likeness (QED) is 0.789. The lowest BCUT2D eigenvalue weighted by Crippen LogP contribution is -2.05. The van der Waals surface area contributed by atoms with Gasteiger partial charge in [-0.1, -0.05) is 12.1 Å². The van der Waals surface area contributed by atoms with E-state index >= 15 is 0 Å². The maximum Gasteiger partial charge on any atom is 0.150 e. The number of hydrogen-bond donors (Lipinski definition) is 0. The van der Waals surface area contributed by atoms with E-state index < -0.39 is 5.82 Å². The van der Waals surface area contributed by atoms with E-state index in [0.29, 0.717) is 28.7 Å². The maximum absolute atomic E-state index is 13.9. The van der Waals surface area contributed by atoms with Gasteiger partial charge in [-0.05, 0) is 26.0 Å². The Kier molecular flexibility index (Phi) is 3.90. The van der Waals surface area contributed by atoms with Crippen LogP contribution in [0.3, 0.4) is 0 Å². The number of carbonyl (C=O) groups excluding carboxylic acids is 1. The highest BCUT2D eigenvalue weighted by atomic mass is 19.1. The van der Waals surface area contributed by atoms with Gasteiger partial charge < -0.3 is 4.74 Å². The molecule has 1 aromatic heterocycles. The summed E-state index contributed by atoms with van der Waals surface area (Å²) in [4.78, 5) is 14.6. The second-order valence-corrected chi connectivity index (χ2v) is 4.43. The predicted octanol–water partition coefficient (Wildman–Crippen LogP) is 3.49. The number of hydrogen-bond acceptors (Lipinski definition) is 3. The van der Waals surface area contributed by atoms with Gasteiger partial charge in [0.05, 0.1) is 12.3 Å². The zero-order valence-electron chi connectivity index (χ0n) is 10.8. The van der Waals surface area contributed by atoms with Crippen molar-refractivity contribution < 1.29 is 13.9 Å². The van der Waals surface area contributed by atoms with E-state index in [1.807, 2.05) is 13.8 Å². The number of aromatic nitrogens is 1. The molecule has 19 heavy (non-hydrogen) atoms. The lowest BCUT2D eigenvalue weighted by atomic mass is 10.1. The number of aldehydes is 1. The molecule has 0 spiro atoms. The molecule has 2 aromatic rings. The Morgan fingerprint density at radius 1 is 1.26 bits per heavy atom. The highest BCUT2D eigenvalue weighted by molar-refractivity contribution is 5.77. The van der Waals surface area contributed by atoms with E-state index in [4.69, 9.17) is 4.74 Å². The molecule has 0 aliphatic heterocycles. The number of nitrogens with zero attached hydrogens (tertiary/aromatic N) is 1. The average Bonchev–Trinajstić information content (AvgIpc) is 2.38. The van der Waals surface area contributed by atoms with Crippen LogP contribution in [-0.4, -0.2) is 17.4 Å². The molecular formula is C15H14FNO2. The van der Waals surface area contributed by atoms with Crippen LogP contribution < -0.4 is 4.74 Å². The summed E-state index contributed by atoms with van der Waals surface area (Å²) in [6, 6.07) is 6.07. The molecule has 0 amide bonds. The highest BCUT2D eigenvalue weighted by Gasteiger charge is 2.08. The Balaban J connectivity index is 2.38. The predicted molar refractivity (Wildman–Crippen MR) is 70.8 cm³/mol. The largest absolute Gasteiger partial charge is 0.489 e. The normalized spacial score (nSPS) is 10.5. The van der Waals surface area contributed by atoms with Gasteiger partial charge in [-0.15, -0.1) is 0 Å². The van der Waals surface area contributed by atoms with E-state index in [2.05, 4.69) is 4.98 Å². The minimum Gasteiger partial charge on any atom is -0.489 e. The minimum atomic E-state index is -0.451. The average molecular weight is 259 g/mol. The van der Waals surface area contributed by atoms with Crippen molar-refractivity contribution in [2.75, 3.05) is 0 Å². The molecule has 0 aliphatic carbocycles. The van der Waals surface area contributed by atoms with Gasteiger partial charge in [0.15, 0.2) is 0 Å². The maximum atomic E-state index is 13.9. The molecule has 0 fully saturated rings. The molecule has 0 saturated heterocycles. The number of rotatable bonds is 4. The molecule has 0 bridgehead atoms. The van der Waals surface area contributed by atoms with Crippen LogP contribution in [0.15, 0.2) is 36.7 Å². The second-order valence-electron chi connectivity index (χ2n) is 4.43. The SMILES string of the molecule is CC(C)Oc1cncc(-c2ccc(C=O)cc2F)c1.